The lowest BCUT2D eigenvalue weighted by atomic mass is 10.2. The van der Waals surface area contributed by atoms with Crippen LogP contribution in [0.25, 0.3) is 0 Å². The molecule has 0 amide bonds. The molecule has 3 nitrogen and oxygen atoms in total. The Labute approximate surface area is 114 Å². The molecule has 1 heterocycles. The first-order valence-corrected chi connectivity index (χ1v) is 6.03. The maximum atomic E-state index is 12.0. The Bertz CT molecular complexity index is 520. The lowest BCUT2D eigenvalue weighted by Crippen LogP contribution is -2.19. The first-order valence-electron chi connectivity index (χ1n) is 6.03. The van der Waals surface area contributed by atoms with E-state index in [4.69, 9.17) is 4.42 Å². The monoisotopic (exact) mass is 285 g/mol. The summed E-state index contributed by atoms with van der Waals surface area (Å²) in [6.45, 7) is 0.634. The van der Waals surface area contributed by atoms with Gasteiger partial charge >= 0.3 is 6.18 Å². The molecule has 2 rings (SSSR count). The summed E-state index contributed by atoms with van der Waals surface area (Å²) in [7, 11) is 0. The lowest BCUT2D eigenvalue weighted by molar-refractivity contribution is -0.153. The molecule has 0 saturated heterocycles. The Morgan fingerprint density at radius 2 is 1.90 bits per heavy atom. The Morgan fingerprint density at radius 3 is 2.45 bits per heavy atom. The van der Waals surface area contributed by atoms with Gasteiger partial charge in [-0.3, -0.25) is 0 Å². The molecular formula is C14H14F3NO2. The van der Waals surface area contributed by atoms with Crippen molar-refractivity contribution in [3.63, 3.8) is 0 Å². The molecule has 20 heavy (non-hydrogen) atoms. The van der Waals surface area contributed by atoms with Gasteiger partial charge in [-0.25, -0.2) is 0 Å². The number of hydrogen-bond donors (Lipinski definition) is 1. The van der Waals surface area contributed by atoms with Crippen LogP contribution in [0.15, 0.2) is 47.1 Å². The number of alkyl halides is 3. The molecule has 1 atom stereocenters. The third-order valence-corrected chi connectivity index (χ3v) is 2.61. The van der Waals surface area contributed by atoms with Gasteiger partial charge in [-0.2, -0.15) is 13.2 Å². The molecule has 0 saturated carbocycles. The molecule has 108 valence electrons. The van der Waals surface area contributed by atoms with Crippen molar-refractivity contribution in [2.45, 2.75) is 19.1 Å². The topological polar surface area (TPSA) is 34.4 Å². The molecule has 0 spiro atoms. The summed E-state index contributed by atoms with van der Waals surface area (Å²) in [5.41, 5.74) is 0.772. The molecule has 0 aliphatic carbocycles. The molecule has 6 heteroatoms. The number of ether oxygens (including phenoxy) is 1. The van der Waals surface area contributed by atoms with Gasteiger partial charge in [0.2, 0.25) is 0 Å². The van der Waals surface area contributed by atoms with Crippen molar-refractivity contribution in [2.24, 2.45) is 0 Å². The summed E-state index contributed by atoms with van der Waals surface area (Å²) in [5, 5.41) is 3.17. The molecular weight excluding hydrogens is 271 g/mol. The SMILES string of the molecule is CC(Nc1ccc(OCC(F)(F)F)cc1)c1ccco1. The highest BCUT2D eigenvalue weighted by Crippen LogP contribution is 2.23. The highest BCUT2D eigenvalue weighted by molar-refractivity contribution is 5.47. The number of furan rings is 1. The van der Waals surface area contributed by atoms with Crippen LogP contribution in [-0.4, -0.2) is 12.8 Å². The zero-order valence-corrected chi connectivity index (χ0v) is 10.8. The van der Waals surface area contributed by atoms with Crippen LogP contribution >= 0.6 is 0 Å². The van der Waals surface area contributed by atoms with E-state index in [2.05, 4.69) is 10.1 Å². The number of halogens is 3. The highest BCUT2D eigenvalue weighted by Gasteiger charge is 2.28. The molecule has 0 aliphatic heterocycles. The summed E-state index contributed by atoms with van der Waals surface area (Å²) in [6.07, 6.45) is -2.74. The molecule has 1 aromatic heterocycles. The second kappa shape index (κ2) is 5.90. The standard InChI is InChI=1S/C14H14F3NO2/c1-10(13-3-2-8-19-13)18-11-4-6-12(7-5-11)20-9-14(15,16)17/h2-8,10,18H,9H2,1H3. The van der Waals surface area contributed by atoms with Crippen molar-refractivity contribution in [3.8, 4) is 5.75 Å². The Balaban J connectivity index is 1.91. The molecule has 1 N–H and O–H groups in total. The number of nitrogens with one attached hydrogen (secondary N) is 1. The number of benzene rings is 1. The minimum Gasteiger partial charge on any atom is -0.484 e. The van der Waals surface area contributed by atoms with Crippen molar-refractivity contribution in [3.05, 3.63) is 48.4 Å². The quantitative estimate of drug-likeness (QED) is 0.884. The maximum absolute atomic E-state index is 12.0. The molecule has 0 aliphatic rings. The average molecular weight is 285 g/mol. The minimum absolute atomic E-state index is 0.0352. The van der Waals surface area contributed by atoms with Gasteiger partial charge in [-0.05, 0) is 43.3 Å². The van der Waals surface area contributed by atoms with Gasteiger partial charge in [-0.1, -0.05) is 0 Å². The normalized spacial score (nSPS) is 13.0. The first kappa shape index (κ1) is 14.3. The molecule has 2 aromatic rings. The summed E-state index contributed by atoms with van der Waals surface area (Å²) in [6, 6.07) is 9.90. The predicted octanol–water partition coefficient (Wildman–Crippen LogP) is 4.39. The van der Waals surface area contributed by atoms with E-state index in [-0.39, 0.29) is 11.8 Å². The van der Waals surface area contributed by atoms with Gasteiger partial charge in [0.1, 0.15) is 11.5 Å². The molecule has 1 unspecified atom stereocenters. The van der Waals surface area contributed by atoms with E-state index in [1.165, 1.54) is 12.1 Å². The van der Waals surface area contributed by atoms with E-state index in [1.54, 1.807) is 24.5 Å². The van der Waals surface area contributed by atoms with Gasteiger partial charge in [0, 0.05) is 5.69 Å². The Morgan fingerprint density at radius 1 is 1.20 bits per heavy atom. The van der Waals surface area contributed by atoms with Crippen LogP contribution in [0.4, 0.5) is 18.9 Å². The van der Waals surface area contributed by atoms with Crippen LogP contribution in [0.1, 0.15) is 18.7 Å². The maximum Gasteiger partial charge on any atom is 0.422 e. The van der Waals surface area contributed by atoms with E-state index < -0.39 is 12.8 Å². The Hall–Kier alpha value is -2.11. The van der Waals surface area contributed by atoms with Crippen LogP contribution in [0.2, 0.25) is 0 Å². The lowest BCUT2D eigenvalue weighted by Gasteiger charge is -2.14. The number of hydrogen-bond acceptors (Lipinski definition) is 3. The Kier molecular flexibility index (Phi) is 4.22. The molecule has 0 fully saturated rings. The summed E-state index contributed by atoms with van der Waals surface area (Å²) in [5.74, 6) is 0.959. The van der Waals surface area contributed by atoms with Crippen LogP contribution in [0, 0.1) is 0 Å². The van der Waals surface area contributed by atoms with Crippen molar-refractivity contribution >= 4 is 5.69 Å². The van der Waals surface area contributed by atoms with Gasteiger partial charge < -0.3 is 14.5 Å². The first-order chi connectivity index (χ1) is 9.44. The van der Waals surface area contributed by atoms with E-state index >= 15 is 0 Å². The van der Waals surface area contributed by atoms with Crippen LogP contribution in [0.3, 0.4) is 0 Å². The van der Waals surface area contributed by atoms with Crippen LogP contribution in [0.5, 0.6) is 5.75 Å². The minimum atomic E-state index is -4.33. The smallest absolute Gasteiger partial charge is 0.422 e. The molecule has 0 radical (unpaired) electrons. The van der Waals surface area contributed by atoms with Gasteiger partial charge in [-0.15, -0.1) is 0 Å². The fourth-order valence-corrected chi connectivity index (χ4v) is 1.67. The van der Waals surface area contributed by atoms with E-state index in [0.717, 1.165) is 11.4 Å². The summed E-state index contributed by atoms with van der Waals surface area (Å²) >= 11 is 0. The fourth-order valence-electron chi connectivity index (χ4n) is 1.67. The average Bonchev–Trinajstić information content (AvgIpc) is 2.91. The number of rotatable bonds is 5. The number of anilines is 1. The second-order valence-corrected chi connectivity index (χ2v) is 4.31. The molecule has 1 aromatic carbocycles. The van der Waals surface area contributed by atoms with E-state index in [0.29, 0.717) is 0 Å². The van der Waals surface area contributed by atoms with E-state index in [1.807, 2.05) is 13.0 Å². The zero-order valence-electron chi connectivity index (χ0n) is 10.8. The predicted molar refractivity (Wildman–Crippen MR) is 68.7 cm³/mol. The van der Waals surface area contributed by atoms with Gasteiger partial charge in [0.15, 0.2) is 6.61 Å². The largest absolute Gasteiger partial charge is 0.484 e. The summed E-state index contributed by atoms with van der Waals surface area (Å²) in [4.78, 5) is 0. The van der Waals surface area contributed by atoms with Gasteiger partial charge in [0.25, 0.3) is 0 Å². The third-order valence-electron chi connectivity index (χ3n) is 2.61. The van der Waals surface area contributed by atoms with Crippen LogP contribution < -0.4 is 10.1 Å². The third kappa shape index (κ3) is 4.22. The van der Waals surface area contributed by atoms with Crippen molar-refractivity contribution in [1.29, 1.82) is 0 Å². The summed E-state index contributed by atoms with van der Waals surface area (Å²) < 4.78 is 45.9. The second-order valence-electron chi connectivity index (χ2n) is 4.31. The van der Waals surface area contributed by atoms with Crippen molar-refractivity contribution in [2.75, 3.05) is 11.9 Å². The highest BCUT2D eigenvalue weighted by atomic mass is 19.4. The molecule has 0 bridgehead atoms. The zero-order chi connectivity index (χ0) is 14.6. The van der Waals surface area contributed by atoms with E-state index in [9.17, 15) is 13.2 Å². The van der Waals surface area contributed by atoms with Crippen LogP contribution in [-0.2, 0) is 0 Å². The fraction of sp³-hybridized carbons (Fsp3) is 0.286. The van der Waals surface area contributed by atoms with Crippen molar-refractivity contribution < 1.29 is 22.3 Å². The van der Waals surface area contributed by atoms with Gasteiger partial charge in [0.05, 0.1) is 12.3 Å². The van der Waals surface area contributed by atoms with Crippen molar-refractivity contribution in [1.82, 2.24) is 0 Å².